The highest BCUT2D eigenvalue weighted by atomic mass is 35.5. The Morgan fingerprint density at radius 3 is 3.04 bits per heavy atom. The quantitative estimate of drug-likeness (QED) is 0.729. The second-order valence-corrected chi connectivity index (χ2v) is 7.08. The Labute approximate surface area is 157 Å². The zero-order chi connectivity index (χ0) is 18.1. The largest absolute Gasteiger partial charge is 0.484 e. The minimum absolute atomic E-state index is 0.0411. The minimum Gasteiger partial charge on any atom is -0.484 e. The molecule has 1 aromatic carbocycles. The third-order valence-electron chi connectivity index (χ3n) is 3.58. The number of hydrogen-bond donors (Lipinski definition) is 1. The first-order valence-corrected chi connectivity index (χ1v) is 8.89. The molecule has 3 aromatic rings. The molecule has 10 heteroatoms. The molecule has 0 saturated heterocycles. The van der Waals surface area contributed by atoms with Gasteiger partial charge < -0.3 is 14.2 Å². The fourth-order valence-corrected chi connectivity index (χ4v) is 3.51. The number of hydrogen-bond acceptors (Lipinski definition) is 8. The maximum Gasteiger partial charge on any atom is 0.411 e. The molecule has 1 atom stereocenters. The number of rotatable bonds is 3. The van der Waals surface area contributed by atoms with Gasteiger partial charge in [-0.15, -0.1) is 0 Å². The van der Waals surface area contributed by atoms with Crippen LogP contribution in [0.1, 0.15) is 5.82 Å². The average Bonchev–Trinajstić information content (AvgIpc) is 3.02. The van der Waals surface area contributed by atoms with Crippen molar-refractivity contribution in [2.24, 2.45) is 0 Å². The third-order valence-corrected chi connectivity index (χ3v) is 4.76. The van der Waals surface area contributed by atoms with Crippen molar-refractivity contribution in [3.63, 3.8) is 0 Å². The normalized spacial score (nSPS) is 15.7. The lowest BCUT2D eigenvalue weighted by Gasteiger charge is -2.26. The van der Waals surface area contributed by atoms with Gasteiger partial charge in [0.15, 0.2) is 22.1 Å². The highest BCUT2D eigenvalue weighted by Gasteiger charge is 2.25. The molecule has 1 N–H and O–H groups in total. The predicted octanol–water partition coefficient (Wildman–Crippen LogP) is 3.44. The molecule has 3 heterocycles. The van der Waals surface area contributed by atoms with Gasteiger partial charge in [0.25, 0.3) is 0 Å². The molecule has 0 spiro atoms. The number of anilines is 1. The van der Waals surface area contributed by atoms with E-state index in [1.807, 2.05) is 6.07 Å². The zero-order valence-electron chi connectivity index (χ0n) is 13.6. The number of amides is 1. The van der Waals surface area contributed by atoms with E-state index in [1.165, 1.54) is 23.7 Å². The van der Waals surface area contributed by atoms with Crippen molar-refractivity contribution in [2.75, 3.05) is 18.5 Å². The number of carbonyl (C=O) groups excluding carboxylic acids is 1. The van der Waals surface area contributed by atoms with E-state index in [0.29, 0.717) is 27.5 Å². The molecular weight excluding hydrogens is 380 g/mol. The predicted molar refractivity (Wildman–Crippen MR) is 96.3 cm³/mol. The Kier molecular flexibility index (Phi) is 4.48. The molecule has 0 bridgehead atoms. The van der Waals surface area contributed by atoms with Crippen LogP contribution in [0.2, 0.25) is 4.47 Å². The Bertz CT molecular complexity index is 963. The topological polar surface area (TPSA) is 95.5 Å². The van der Waals surface area contributed by atoms with Crippen LogP contribution in [0, 0.1) is 6.92 Å². The molecule has 0 fully saturated rings. The van der Waals surface area contributed by atoms with Gasteiger partial charge in [0.05, 0.1) is 23.6 Å². The second-order valence-electron chi connectivity index (χ2n) is 5.50. The molecule has 0 saturated carbocycles. The number of nitrogens with one attached hydrogen (secondary N) is 1. The molecule has 8 nitrogen and oxygen atoms in total. The maximum atomic E-state index is 11.9. The van der Waals surface area contributed by atoms with E-state index < -0.39 is 12.2 Å². The first-order chi connectivity index (χ1) is 12.6. The van der Waals surface area contributed by atoms with Gasteiger partial charge in [-0.2, -0.15) is 0 Å². The summed E-state index contributed by atoms with van der Waals surface area (Å²) in [6, 6.07) is 3.58. The van der Waals surface area contributed by atoms with Crippen LogP contribution in [0.15, 0.2) is 24.5 Å². The van der Waals surface area contributed by atoms with Crippen LogP contribution in [0.5, 0.6) is 11.5 Å². The molecule has 0 aliphatic carbocycles. The Hall–Kier alpha value is -2.65. The molecule has 2 aromatic heterocycles. The van der Waals surface area contributed by atoms with E-state index in [4.69, 9.17) is 25.8 Å². The first-order valence-electron chi connectivity index (χ1n) is 7.69. The number of benzene rings is 1. The van der Waals surface area contributed by atoms with Crippen LogP contribution in [-0.4, -0.2) is 40.4 Å². The Morgan fingerprint density at radius 2 is 2.23 bits per heavy atom. The zero-order valence-corrected chi connectivity index (χ0v) is 15.1. The number of aryl methyl sites for hydroxylation is 1. The van der Waals surface area contributed by atoms with Crippen molar-refractivity contribution >= 4 is 44.9 Å². The SMILES string of the molecule is Cc1ncc(NC(=O)OC[C@H]2COc3c(ccc4nc(Cl)sc34)O2)cn1. The van der Waals surface area contributed by atoms with E-state index >= 15 is 0 Å². The van der Waals surface area contributed by atoms with E-state index in [-0.39, 0.29) is 13.2 Å². The van der Waals surface area contributed by atoms with Gasteiger partial charge in [0.1, 0.15) is 23.7 Å². The van der Waals surface area contributed by atoms with E-state index in [9.17, 15) is 4.79 Å². The van der Waals surface area contributed by atoms with E-state index in [0.717, 1.165) is 10.2 Å². The minimum atomic E-state index is -0.614. The summed E-state index contributed by atoms with van der Waals surface area (Å²) in [4.78, 5) is 24.1. The molecule has 134 valence electrons. The highest BCUT2D eigenvalue weighted by molar-refractivity contribution is 7.22. The highest BCUT2D eigenvalue weighted by Crippen LogP contribution is 2.42. The number of ether oxygens (including phenoxy) is 3. The van der Waals surface area contributed by atoms with Crippen molar-refractivity contribution in [1.82, 2.24) is 15.0 Å². The van der Waals surface area contributed by atoms with Gasteiger partial charge in [0.2, 0.25) is 0 Å². The van der Waals surface area contributed by atoms with Crippen molar-refractivity contribution in [3.8, 4) is 11.5 Å². The van der Waals surface area contributed by atoms with Gasteiger partial charge >= 0.3 is 6.09 Å². The summed E-state index contributed by atoms with van der Waals surface area (Å²) in [5.41, 5.74) is 1.22. The van der Waals surface area contributed by atoms with Gasteiger partial charge in [-0.05, 0) is 19.1 Å². The number of carbonyl (C=O) groups is 1. The molecule has 0 unspecified atom stereocenters. The van der Waals surface area contributed by atoms with Crippen LogP contribution in [0.25, 0.3) is 10.2 Å². The summed E-state index contributed by atoms with van der Waals surface area (Å²) >= 11 is 7.28. The molecule has 1 aliphatic rings. The van der Waals surface area contributed by atoms with Gasteiger partial charge in [-0.1, -0.05) is 22.9 Å². The average molecular weight is 393 g/mol. The van der Waals surface area contributed by atoms with Crippen LogP contribution in [-0.2, 0) is 4.74 Å². The first kappa shape index (κ1) is 16.8. The number of aromatic nitrogens is 3. The van der Waals surface area contributed by atoms with Gasteiger partial charge in [-0.25, -0.2) is 19.7 Å². The molecule has 1 aliphatic heterocycles. The Balaban J connectivity index is 1.36. The summed E-state index contributed by atoms with van der Waals surface area (Å²) < 4.78 is 18.1. The maximum absolute atomic E-state index is 11.9. The van der Waals surface area contributed by atoms with Crippen LogP contribution < -0.4 is 14.8 Å². The molecule has 0 radical (unpaired) electrons. The van der Waals surface area contributed by atoms with Crippen LogP contribution in [0.3, 0.4) is 0 Å². The van der Waals surface area contributed by atoms with Crippen LogP contribution >= 0.6 is 22.9 Å². The number of thiazole rings is 1. The number of fused-ring (bicyclic) bond motifs is 3. The van der Waals surface area contributed by atoms with Crippen molar-refractivity contribution in [2.45, 2.75) is 13.0 Å². The smallest absolute Gasteiger partial charge is 0.411 e. The number of nitrogens with zero attached hydrogens (tertiary/aromatic N) is 3. The summed E-state index contributed by atoms with van der Waals surface area (Å²) in [6.07, 6.45) is 1.98. The van der Waals surface area contributed by atoms with E-state index in [2.05, 4.69) is 20.3 Å². The van der Waals surface area contributed by atoms with Gasteiger partial charge in [0, 0.05) is 0 Å². The van der Waals surface area contributed by atoms with Crippen molar-refractivity contribution in [1.29, 1.82) is 0 Å². The molecular formula is C16H13ClN4O4S. The summed E-state index contributed by atoms with van der Waals surface area (Å²) in [6.45, 7) is 2.05. The lowest BCUT2D eigenvalue weighted by atomic mass is 10.2. The lowest BCUT2D eigenvalue weighted by Crippen LogP contribution is -2.35. The number of halogens is 1. The van der Waals surface area contributed by atoms with E-state index in [1.54, 1.807) is 13.0 Å². The fraction of sp³-hybridized carbons (Fsp3) is 0.250. The lowest BCUT2D eigenvalue weighted by molar-refractivity contribution is 0.0383. The Morgan fingerprint density at radius 1 is 1.42 bits per heavy atom. The monoisotopic (exact) mass is 392 g/mol. The summed E-state index contributed by atoms with van der Waals surface area (Å²) in [5.74, 6) is 1.81. The molecule has 1 amide bonds. The fourth-order valence-electron chi connectivity index (χ4n) is 2.40. The molecule has 26 heavy (non-hydrogen) atoms. The van der Waals surface area contributed by atoms with Gasteiger partial charge in [-0.3, -0.25) is 5.32 Å². The van der Waals surface area contributed by atoms with Crippen LogP contribution in [0.4, 0.5) is 10.5 Å². The summed E-state index contributed by atoms with van der Waals surface area (Å²) in [5, 5.41) is 2.55. The summed E-state index contributed by atoms with van der Waals surface area (Å²) in [7, 11) is 0. The second kappa shape index (κ2) is 6.93. The molecule has 4 rings (SSSR count). The third kappa shape index (κ3) is 3.49. The van der Waals surface area contributed by atoms with Crippen molar-refractivity contribution in [3.05, 3.63) is 34.8 Å². The standard InChI is InChI=1S/C16H13ClN4O4S/c1-8-18-4-9(5-19-8)20-16(22)24-7-10-6-23-13-12(25-10)3-2-11-14(13)26-15(17)21-11/h2-5,10H,6-7H2,1H3,(H,20,22)/t10-/m1/s1. The van der Waals surface area contributed by atoms with Crippen molar-refractivity contribution < 1.29 is 19.0 Å².